The fourth-order valence-corrected chi connectivity index (χ4v) is 4.50. The van der Waals surface area contributed by atoms with E-state index in [-0.39, 0.29) is 11.5 Å². The van der Waals surface area contributed by atoms with Gasteiger partial charge in [0.15, 0.2) is 4.77 Å². The second kappa shape index (κ2) is 7.63. The van der Waals surface area contributed by atoms with Gasteiger partial charge in [-0.05, 0) is 61.5 Å². The van der Waals surface area contributed by atoms with Crippen molar-refractivity contribution in [2.45, 2.75) is 19.9 Å². The fourth-order valence-electron chi connectivity index (χ4n) is 4.18. The Morgan fingerprint density at radius 2 is 2.13 bits per heavy atom. The maximum Gasteiger partial charge on any atom is 0.262 e. The van der Waals surface area contributed by atoms with Gasteiger partial charge in [0.25, 0.3) is 11.5 Å². The van der Waals surface area contributed by atoms with Crippen LogP contribution >= 0.6 is 12.2 Å². The Hall–Kier alpha value is -3.52. The first kappa shape index (κ1) is 19.4. The molecule has 2 N–H and O–H groups in total. The number of hydrogen-bond acceptors (Lipinski definition) is 4. The molecule has 7 nitrogen and oxygen atoms in total. The number of carbonyl (C=O) groups excluding carboxylic acids is 1. The molecule has 3 aromatic heterocycles. The summed E-state index contributed by atoms with van der Waals surface area (Å²) in [5.74, 6) is -0.0585. The summed E-state index contributed by atoms with van der Waals surface area (Å²) in [4.78, 5) is 38.1. The van der Waals surface area contributed by atoms with Crippen molar-refractivity contribution in [1.29, 1.82) is 0 Å². The molecular formula is C23H21N5O2S. The SMILES string of the molecule is CCn1c(=S)[nH]c2cc(C(=O)N3CC=C(c4c[nH]c5ncccc45)CC3)ccc2c1=O. The van der Waals surface area contributed by atoms with E-state index in [0.29, 0.717) is 40.9 Å². The Bertz CT molecular complexity index is 1480. The molecule has 0 radical (unpaired) electrons. The van der Waals surface area contributed by atoms with Crippen LogP contribution in [0.2, 0.25) is 0 Å². The minimum absolute atomic E-state index is 0.0585. The topological polar surface area (TPSA) is 86.8 Å². The highest BCUT2D eigenvalue weighted by Crippen LogP contribution is 2.28. The maximum absolute atomic E-state index is 13.1. The van der Waals surface area contributed by atoms with Crippen molar-refractivity contribution in [2.75, 3.05) is 13.1 Å². The lowest BCUT2D eigenvalue weighted by Crippen LogP contribution is -2.34. The lowest BCUT2D eigenvalue weighted by molar-refractivity contribution is 0.0773. The number of fused-ring (bicyclic) bond motifs is 2. The molecule has 0 saturated heterocycles. The molecule has 1 aliphatic rings. The molecule has 4 aromatic rings. The van der Waals surface area contributed by atoms with Gasteiger partial charge in [0, 0.05) is 48.5 Å². The van der Waals surface area contributed by atoms with Gasteiger partial charge in [0.05, 0.1) is 10.9 Å². The molecule has 0 saturated carbocycles. The van der Waals surface area contributed by atoms with E-state index in [9.17, 15) is 9.59 Å². The average Bonchev–Trinajstić information content (AvgIpc) is 3.23. The number of benzene rings is 1. The van der Waals surface area contributed by atoms with Crippen molar-refractivity contribution >= 4 is 45.6 Å². The van der Waals surface area contributed by atoms with Crippen molar-refractivity contribution in [3.63, 3.8) is 0 Å². The van der Waals surface area contributed by atoms with Crippen LogP contribution in [0.3, 0.4) is 0 Å². The van der Waals surface area contributed by atoms with E-state index >= 15 is 0 Å². The molecule has 0 aliphatic carbocycles. The number of nitrogens with zero attached hydrogens (tertiary/aromatic N) is 3. The molecule has 4 heterocycles. The number of pyridine rings is 1. The van der Waals surface area contributed by atoms with E-state index in [0.717, 1.165) is 23.0 Å². The number of H-pyrrole nitrogens is 2. The first-order valence-electron chi connectivity index (χ1n) is 10.2. The predicted molar refractivity (Wildman–Crippen MR) is 124 cm³/mol. The Labute approximate surface area is 183 Å². The highest BCUT2D eigenvalue weighted by atomic mass is 32.1. The number of carbonyl (C=O) groups is 1. The van der Waals surface area contributed by atoms with Crippen molar-refractivity contribution in [2.24, 2.45) is 0 Å². The van der Waals surface area contributed by atoms with Crippen molar-refractivity contribution in [1.82, 2.24) is 24.4 Å². The zero-order chi connectivity index (χ0) is 21.5. The van der Waals surface area contributed by atoms with Crippen LogP contribution in [0.5, 0.6) is 0 Å². The van der Waals surface area contributed by atoms with Crippen LogP contribution in [0.4, 0.5) is 0 Å². The zero-order valence-corrected chi connectivity index (χ0v) is 17.8. The number of rotatable bonds is 3. The Morgan fingerprint density at radius 3 is 2.90 bits per heavy atom. The number of aromatic nitrogens is 4. The van der Waals surface area contributed by atoms with Crippen LogP contribution in [0.1, 0.15) is 29.3 Å². The highest BCUT2D eigenvalue weighted by Gasteiger charge is 2.21. The van der Waals surface area contributed by atoms with Gasteiger partial charge in [-0.1, -0.05) is 6.08 Å². The monoisotopic (exact) mass is 431 g/mol. The molecule has 156 valence electrons. The van der Waals surface area contributed by atoms with E-state index < -0.39 is 0 Å². The normalized spacial score (nSPS) is 14.2. The van der Waals surface area contributed by atoms with Crippen LogP contribution in [-0.2, 0) is 6.54 Å². The van der Waals surface area contributed by atoms with Crippen LogP contribution in [0.15, 0.2) is 53.6 Å². The second-order valence-electron chi connectivity index (χ2n) is 7.57. The predicted octanol–water partition coefficient (Wildman–Crippen LogP) is 3.88. The lowest BCUT2D eigenvalue weighted by atomic mass is 9.99. The summed E-state index contributed by atoms with van der Waals surface area (Å²) in [5, 5.41) is 1.62. The summed E-state index contributed by atoms with van der Waals surface area (Å²) in [6.07, 6.45) is 6.62. The molecule has 8 heteroatoms. The summed E-state index contributed by atoms with van der Waals surface area (Å²) in [6.45, 7) is 3.54. The number of aromatic amines is 2. The van der Waals surface area contributed by atoms with Gasteiger partial charge >= 0.3 is 0 Å². The van der Waals surface area contributed by atoms with E-state index in [4.69, 9.17) is 12.2 Å². The van der Waals surface area contributed by atoms with Crippen molar-refractivity contribution in [3.8, 4) is 0 Å². The first-order chi connectivity index (χ1) is 15.1. The Morgan fingerprint density at radius 1 is 1.26 bits per heavy atom. The molecule has 0 unspecified atom stereocenters. The van der Waals surface area contributed by atoms with Crippen LogP contribution in [-0.4, -0.2) is 43.4 Å². The molecule has 31 heavy (non-hydrogen) atoms. The van der Waals surface area contributed by atoms with Gasteiger partial charge in [-0.25, -0.2) is 4.98 Å². The van der Waals surface area contributed by atoms with Gasteiger partial charge in [0.1, 0.15) is 5.65 Å². The van der Waals surface area contributed by atoms with Gasteiger partial charge < -0.3 is 14.9 Å². The average molecular weight is 432 g/mol. The third-order valence-corrected chi connectivity index (χ3v) is 6.16. The lowest BCUT2D eigenvalue weighted by Gasteiger charge is -2.26. The molecule has 1 aromatic carbocycles. The zero-order valence-electron chi connectivity index (χ0n) is 17.0. The number of hydrogen-bond donors (Lipinski definition) is 2. The van der Waals surface area contributed by atoms with Crippen LogP contribution in [0.25, 0.3) is 27.5 Å². The third-order valence-electron chi connectivity index (χ3n) is 5.84. The van der Waals surface area contributed by atoms with Crippen LogP contribution in [0, 0.1) is 4.77 Å². The summed E-state index contributed by atoms with van der Waals surface area (Å²) in [6, 6.07) is 9.12. The van der Waals surface area contributed by atoms with Gasteiger partial charge in [-0.15, -0.1) is 0 Å². The quantitative estimate of drug-likeness (QED) is 0.482. The largest absolute Gasteiger partial charge is 0.346 e. The molecule has 1 aliphatic heterocycles. The molecule has 0 spiro atoms. The fraction of sp³-hybridized carbons (Fsp3) is 0.217. The third kappa shape index (κ3) is 3.29. The van der Waals surface area contributed by atoms with E-state index in [2.05, 4.69) is 27.1 Å². The van der Waals surface area contributed by atoms with E-state index in [1.54, 1.807) is 24.4 Å². The molecule has 5 rings (SSSR count). The standard InChI is InChI=1S/C23H21N5O2S/c1-2-28-22(30)17-6-5-15(12-19(17)26-23(28)31)21(29)27-10-7-14(8-11-27)18-13-25-20-16(18)4-3-9-24-20/h3-7,9,12-13H,2,8,10-11H2,1H3,(H,24,25)(H,26,31). The first-order valence-corrected chi connectivity index (χ1v) is 10.7. The smallest absolute Gasteiger partial charge is 0.262 e. The number of nitrogens with one attached hydrogen (secondary N) is 2. The minimum atomic E-state index is -0.140. The maximum atomic E-state index is 13.1. The highest BCUT2D eigenvalue weighted by molar-refractivity contribution is 7.71. The Balaban J connectivity index is 1.42. The molecule has 0 atom stereocenters. The van der Waals surface area contributed by atoms with Crippen LogP contribution < -0.4 is 5.56 Å². The molecule has 0 bridgehead atoms. The van der Waals surface area contributed by atoms with E-state index in [1.165, 1.54) is 10.1 Å². The molecule has 0 fully saturated rings. The van der Waals surface area contributed by atoms with Crippen molar-refractivity contribution in [3.05, 3.63) is 75.1 Å². The van der Waals surface area contributed by atoms with Crippen molar-refractivity contribution < 1.29 is 4.79 Å². The summed E-state index contributed by atoms with van der Waals surface area (Å²) in [5.41, 5.74) is 4.21. The van der Waals surface area contributed by atoms with Gasteiger partial charge in [0.2, 0.25) is 0 Å². The second-order valence-corrected chi connectivity index (χ2v) is 7.96. The van der Waals surface area contributed by atoms with Gasteiger partial charge in [-0.3, -0.25) is 14.2 Å². The number of amides is 1. The van der Waals surface area contributed by atoms with Gasteiger partial charge in [-0.2, -0.15) is 0 Å². The molecule has 1 amide bonds. The summed E-state index contributed by atoms with van der Waals surface area (Å²) >= 11 is 5.28. The summed E-state index contributed by atoms with van der Waals surface area (Å²) in [7, 11) is 0. The minimum Gasteiger partial charge on any atom is -0.346 e. The van der Waals surface area contributed by atoms with E-state index in [1.807, 2.05) is 24.1 Å². The summed E-state index contributed by atoms with van der Waals surface area (Å²) < 4.78 is 1.87. The Kier molecular flexibility index (Phi) is 4.78. The molecular weight excluding hydrogens is 410 g/mol.